The standard InChI is InChI=1S/C33H29N3O3/c1-24(35(23-26-13-7-4-8-14-26)31(37)22-17-25-11-5-3-6-12-25)32-34-30-16-10-9-15-29(30)33(38)36(32)27-18-20-28(39-2)21-19-27/h3-22,24H,23H2,1-2H3/b22-17+. The lowest BCUT2D eigenvalue weighted by atomic mass is 10.1. The Morgan fingerprint density at radius 2 is 1.54 bits per heavy atom. The highest BCUT2D eigenvalue weighted by Gasteiger charge is 2.26. The molecule has 0 aliphatic heterocycles. The van der Waals surface area contributed by atoms with Gasteiger partial charge in [-0.3, -0.25) is 14.2 Å². The van der Waals surface area contributed by atoms with Crippen LogP contribution in [-0.4, -0.2) is 27.5 Å². The number of methoxy groups -OCH3 is 1. The molecule has 1 unspecified atom stereocenters. The Morgan fingerprint density at radius 3 is 2.23 bits per heavy atom. The van der Waals surface area contributed by atoms with Gasteiger partial charge >= 0.3 is 0 Å². The molecule has 0 spiro atoms. The predicted octanol–water partition coefficient (Wildman–Crippen LogP) is 6.20. The van der Waals surface area contributed by atoms with E-state index in [1.165, 1.54) is 0 Å². The van der Waals surface area contributed by atoms with E-state index in [4.69, 9.17) is 9.72 Å². The van der Waals surface area contributed by atoms with Crippen molar-refractivity contribution in [2.24, 2.45) is 0 Å². The molecule has 1 atom stereocenters. The van der Waals surface area contributed by atoms with Crippen LogP contribution in [-0.2, 0) is 11.3 Å². The van der Waals surface area contributed by atoms with Crippen molar-refractivity contribution in [3.05, 3.63) is 143 Å². The average molecular weight is 516 g/mol. The van der Waals surface area contributed by atoms with Gasteiger partial charge in [0.1, 0.15) is 11.6 Å². The molecule has 5 rings (SSSR count). The van der Waals surface area contributed by atoms with E-state index in [1.54, 1.807) is 46.9 Å². The maximum Gasteiger partial charge on any atom is 0.266 e. The molecule has 6 nitrogen and oxygen atoms in total. The third kappa shape index (κ3) is 5.65. The van der Waals surface area contributed by atoms with Gasteiger partial charge in [-0.2, -0.15) is 0 Å². The van der Waals surface area contributed by atoms with Crippen LogP contribution >= 0.6 is 0 Å². The number of rotatable bonds is 8. The van der Waals surface area contributed by atoms with Gasteiger partial charge in [-0.05, 0) is 60.5 Å². The third-order valence-electron chi connectivity index (χ3n) is 6.67. The average Bonchev–Trinajstić information content (AvgIpc) is 2.99. The Hall–Kier alpha value is -4.97. The zero-order valence-corrected chi connectivity index (χ0v) is 21.9. The van der Waals surface area contributed by atoms with E-state index in [1.807, 2.05) is 97.9 Å². The highest BCUT2D eigenvalue weighted by Crippen LogP contribution is 2.26. The monoisotopic (exact) mass is 515 g/mol. The van der Waals surface area contributed by atoms with Gasteiger partial charge in [0.25, 0.3) is 5.56 Å². The van der Waals surface area contributed by atoms with Crippen LogP contribution < -0.4 is 10.3 Å². The van der Waals surface area contributed by atoms with Crippen molar-refractivity contribution in [3.63, 3.8) is 0 Å². The highest BCUT2D eigenvalue weighted by atomic mass is 16.5. The summed E-state index contributed by atoms with van der Waals surface area (Å²) in [5, 5.41) is 0.508. The number of amides is 1. The fourth-order valence-corrected chi connectivity index (χ4v) is 4.56. The molecule has 0 radical (unpaired) electrons. The first-order valence-corrected chi connectivity index (χ1v) is 12.8. The number of aromatic nitrogens is 2. The quantitative estimate of drug-likeness (QED) is 0.231. The highest BCUT2D eigenvalue weighted by molar-refractivity contribution is 5.92. The Labute approximate surface area is 227 Å². The summed E-state index contributed by atoms with van der Waals surface area (Å²) in [4.78, 5) is 34.2. The van der Waals surface area contributed by atoms with Crippen molar-refractivity contribution in [3.8, 4) is 11.4 Å². The lowest BCUT2D eigenvalue weighted by Gasteiger charge is -2.30. The van der Waals surface area contributed by atoms with Crippen LogP contribution in [0.5, 0.6) is 5.75 Å². The van der Waals surface area contributed by atoms with E-state index in [9.17, 15) is 9.59 Å². The molecular weight excluding hydrogens is 486 g/mol. The molecule has 0 saturated heterocycles. The van der Waals surface area contributed by atoms with Crippen molar-refractivity contribution in [1.82, 2.24) is 14.5 Å². The van der Waals surface area contributed by atoms with Gasteiger partial charge in [0, 0.05) is 12.6 Å². The summed E-state index contributed by atoms with van der Waals surface area (Å²) in [5.41, 5.74) is 2.94. The molecule has 39 heavy (non-hydrogen) atoms. The second kappa shape index (κ2) is 11.6. The van der Waals surface area contributed by atoms with Crippen LogP contribution in [0.2, 0.25) is 0 Å². The number of nitrogens with zero attached hydrogens (tertiary/aromatic N) is 3. The Morgan fingerprint density at radius 1 is 0.897 bits per heavy atom. The molecule has 1 aromatic heterocycles. The molecule has 5 aromatic rings. The number of carbonyl (C=O) groups excluding carboxylic acids is 1. The van der Waals surface area contributed by atoms with Gasteiger partial charge in [-0.1, -0.05) is 72.8 Å². The van der Waals surface area contributed by atoms with E-state index < -0.39 is 6.04 Å². The number of hydrogen-bond donors (Lipinski definition) is 0. The molecule has 0 aliphatic rings. The van der Waals surface area contributed by atoms with Crippen LogP contribution in [0.25, 0.3) is 22.7 Å². The maximum atomic E-state index is 13.8. The molecule has 0 fully saturated rings. The van der Waals surface area contributed by atoms with Crippen molar-refractivity contribution in [1.29, 1.82) is 0 Å². The van der Waals surface area contributed by atoms with Gasteiger partial charge in [-0.25, -0.2) is 4.98 Å². The number of carbonyl (C=O) groups is 1. The molecule has 0 N–H and O–H groups in total. The summed E-state index contributed by atoms with van der Waals surface area (Å²) in [6.07, 6.45) is 3.38. The van der Waals surface area contributed by atoms with Gasteiger partial charge < -0.3 is 9.64 Å². The largest absolute Gasteiger partial charge is 0.497 e. The lowest BCUT2D eigenvalue weighted by Crippen LogP contribution is -2.36. The zero-order valence-electron chi connectivity index (χ0n) is 21.9. The number of para-hydroxylation sites is 1. The zero-order chi connectivity index (χ0) is 27.2. The van der Waals surface area contributed by atoms with Crippen molar-refractivity contribution < 1.29 is 9.53 Å². The first kappa shape index (κ1) is 25.7. The Bertz CT molecular complexity index is 1660. The van der Waals surface area contributed by atoms with Crippen LogP contribution in [0.1, 0.15) is 29.9 Å². The second-order valence-corrected chi connectivity index (χ2v) is 9.20. The summed E-state index contributed by atoms with van der Waals surface area (Å²) in [6, 6.07) is 33.5. The summed E-state index contributed by atoms with van der Waals surface area (Å²) < 4.78 is 6.92. The molecule has 6 heteroatoms. The minimum absolute atomic E-state index is 0.182. The number of benzene rings is 4. The molecule has 1 amide bonds. The summed E-state index contributed by atoms with van der Waals surface area (Å²) in [7, 11) is 1.60. The minimum atomic E-state index is -0.530. The second-order valence-electron chi connectivity index (χ2n) is 9.20. The first-order valence-electron chi connectivity index (χ1n) is 12.8. The molecule has 1 heterocycles. The van der Waals surface area contributed by atoms with Crippen LogP contribution in [0.4, 0.5) is 0 Å². The van der Waals surface area contributed by atoms with Gasteiger partial charge in [0.05, 0.1) is 29.7 Å². The van der Waals surface area contributed by atoms with Crippen LogP contribution in [0.3, 0.4) is 0 Å². The van der Waals surface area contributed by atoms with E-state index in [0.29, 0.717) is 34.7 Å². The summed E-state index contributed by atoms with van der Waals surface area (Å²) in [6.45, 7) is 2.26. The Balaban J connectivity index is 1.63. The van der Waals surface area contributed by atoms with E-state index in [0.717, 1.165) is 11.1 Å². The van der Waals surface area contributed by atoms with Gasteiger partial charge in [0.2, 0.25) is 5.91 Å². The molecule has 194 valence electrons. The maximum absolute atomic E-state index is 13.8. The van der Waals surface area contributed by atoms with E-state index >= 15 is 0 Å². The number of ether oxygens (including phenoxy) is 1. The Kier molecular flexibility index (Phi) is 7.64. The predicted molar refractivity (Wildman–Crippen MR) is 155 cm³/mol. The van der Waals surface area contributed by atoms with Crippen molar-refractivity contribution >= 4 is 22.9 Å². The minimum Gasteiger partial charge on any atom is -0.497 e. The first-order chi connectivity index (χ1) is 19.0. The molecule has 0 aliphatic carbocycles. The summed E-state index contributed by atoms with van der Waals surface area (Å²) >= 11 is 0. The normalized spacial score (nSPS) is 11.9. The smallest absolute Gasteiger partial charge is 0.266 e. The van der Waals surface area contributed by atoms with Crippen molar-refractivity contribution in [2.45, 2.75) is 19.5 Å². The SMILES string of the molecule is COc1ccc(-n2c(C(C)N(Cc3ccccc3)C(=O)/C=C/c3ccccc3)nc3ccccc3c2=O)cc1. The lowest BCUT2D eigenvalue weighted by molar-refractivity contribution is -0.128. The number of fused-ring (bicyclic) bond motifs is 1. The fraction of sp³-hybridized carbons (Fsp3) is 0.121. The van der Waals surface area contributed by atoms with Crippen LogP contribution in [0.15, 0.2) is 120 Å². The van der Waals surface area contributed by atoms with E-state index in [2.05, 4.69) is 0 Å². The van der Waals surface area contributed by atoms with Gasteiger partial charge in [0.15, 0.2) is 0 Å². The molecular formula is C33H29N3O3. The van der Waals surface area contributed by atoms with Crippen LogP contribution in [0, 0.1) is 0 Å². The molecule has 4 aromatic carbocycles. The van der Waals surface area contributed by atoms with Gasteiger partial charge in [-0.15, -0.1) is 0 Å². The summed E-state index contributed by atoms with van der Waals surface area (Å²) in [5.74, 6) is 0.974. The molecule has 0 saturated carbocycles. The molecule has 0 bridgehead atoms. The van der Waals surface area contributed by atoms with Crippen molar-refractivity contribution in [2.75, 3.05) is 7.11 Å². The van der Waals surface area contributed by atoms with E-state index in [-0.39, 0.29) is 11.5 Å². The topological polar surface area (TPSA) is 64.4 Å². The number of hydrogen-bond acceptors (Lipinski definition) is 4. The fourth-order valence-electron chi connectivity index (χ4n) is 4.56. The third-order valence-corrected chi connectivity index (χ3v) is 6.67.